The average Bonchev–Trinajstić information content (AvgIpc) is 3.34. The van der Waals surface area contributed by atoms with Crippen LogP contribution in [0.15, 0.2) is 59.8 Å². The third-order valence-electron chi connectivity index (χ3n) is 6.68. The van der Waals surface area contributed by atoms with Crippen LogP contribution in [0.3, 0.4) is 0 Å². The number of hydrogen-bond donors (Lipinski definition) is 2. The zero-order valence-electron chi connectivity index (χ0n) is 20.1. The molecule has 10 nitrogen and oxygen atoms in total. The zero-order chi connectivity index (χ0) is 25.3. The summed E-state index contributed by atoms with van der Waals surface area (Å²) in [4.78, 5) is 33.7. The smallest absolute Gasteiger partial charge is 0.261 e. The maximum Gasteiger partial charge on any atom is 0.261 e. The summed E-state index contributed by atoms with van der Waals surface area (Å²) in [6, 6.07) is 12.8. The van der Waals surface area contributed by atoms with Gasteiger partial charge in [-0.1, -0.05) is 12.1 Å². The van der Waals surface area contributed by atoms with Crippen molar-refractivity contribution < 1.29 is 19.4 Å². The Kier molecular flexibility index (Phi) is 6.19. The molecular weight excluding hydrogens is 462 g/mol. The van der Waals surface area contributed by atoms with Gasteiger partial charge in [0.1, 0.15) is 16.9 Å². The molecule has 0 saturated carbocycles. The number of aromatic nitrogens is 4. The normalized spacial score (nSPS) is 15.1. The molecule has 4 aromatic rings. The maximum absolute atomic E-state index is 13.1. The van der Waals surface area contributed by atoms with E-state index in [9.17, 15) is 14.7 Å². The summed E-state index contributed by atoms with van der Waals surface area (Å²) in [5.41, 5.74) is 1.43. The standard InChI is InChI=1S/C26H27N5O5/c1-35-19-6-7-20(22(13-19)36-2)25(33)30-10-8-26(34,9-11-30)14-17-4-3-5-18(12-17)31-23-21(15-29-31)24(32)28-16-27-23/h3-7,12-13,15-16,34H,8-11,14H2,1-2H3,(H,27,28,32). The number of rotatable bonds is 6. The number of ether oxygens (including phenoxy) is 2. The minimum atomic E-state index is -0.943. The first-order valence-electron chi connectivity index (χ1n) is 11.7. The predicted molar refractivity (Wildman–Crippen MR) is 133 cm³/mol. The predicted octanol–water partition coefficient (Wildman–Crippen LogP) is 2.34. The lowest BCUT2D eigenvalue weighted by atomic mass is 9.85. The summed E-state index contributed by atoms with van der Waals surface area (Å²) in [6.07, 6.45) is 4.17. The number of aromatic amines is 1. The van der Waals surface area contributed by atoms with Crippen LogP contribution in [0.4, 0.5) is 0 Å². The molecule has 1 amide bonds. The highest BCUT2D eigenvalue weighted by atomic mass is 16.5. The number of carbonyl (C=O) groups excluding carboxylic acids is 1. The molecular formula is C26H27N5O5. The van der Waals surface area contributed by atoms with Crippen LogP contribution in [0.5, 0.6) is 11.5 Å². The average molecular weight is 490 g/mol. The molecule has 2 aromatic carbocycles. The summed E-state index contributed by atoms with van der Waals surface area (Å²) >= 11 is 0. The van der Waals surface area contributed by atoms with Crippen molar-refractivity contribution >= 4 is 16.9 Å². The monoisotopic (exact) mass is 489 g/mol. The molecule has 0 atom stereocenters. The van der Waals surface area contributed by atoms with Gasteiger partial charge in [0, 0.05) is 25.6 Å². The number of piperidine rings is 1. The van der Waals surface area contributed by atoms with Crippen molar-refractivity contribution in [3.63, 3.8) is 0 Å². The van der Waals surface area contributed by atoms with E-state index in [1.807, 2.05) is 24.3 Å². The van der Waals surface area contributed by atoms with E-state index >= 15 is 0 Å². The number of amides is 1. The first-order chi connectivity index (χ1) is 17.4. The maximum atomic E-state index is 13.1. The molecule has 0 unspecified atom stereocenters. The van der Waals surface area contributed by atoms with Gasteiger partial charge in [0.05, 0.1) is 43.6 Å². The highest BCUT2D eigenvalue weighted by Crippen LogP contribution is 2.31. The van der Waals surface area contributed by atoms with Crippen LogP contribution in [0.2, 0.25) is 0 Å². The highest BCUT2D eigenvalue weighted by Gasteiger charge is 2.35. The summed E-state index contributed by atoms with van der Waals surface area (Å²) in [5.74, 6) is 0.940. The van der Waals surface area contributed by atoms with Crippen molar-refractivity contribution in [2.24, 2.45) is 0 Å². The van der Waals surface area contributed by atoms with Gasteiger partial charge < -0.3 is 24.5 Å². The molecule has 1 saturated heterocycles. The molecule has 1 aliphatic rings. The SMILES string of the molecule is COc1ccc(C(=O)N2CCC(O)(Cc3cccc(-n4ncc5c(=O)[nH]cnc54)c3)CC2)c(OC)c1. The number of nitrogens with one attached hydrogen (secondary N) is 1. The third kappa shape index (κ3) is 4.42. The summed E-state index contributed by atoms with van der Waals surface area (Å²) in [5, 5.41) is 16.1. The van der Waals surface area contributed by atoms with Crippen LogP contribution >= 0.6 is 0 Å². The quantitative estimate of drug-likeness (QED) is 0.426. The molecule has 3 heterocycles. The van der Waals surface area contributed by atoms with E-state index in [0.29, 0.717) is 60.4 Å². The topological polar surface area (TPSA) is 123 Å². The van der Waals surface area contributed by atoms with Crippen LogP contribution in [-0.2, 0) is 6.42 Å². The van der Waals surface area contributed by atoms with Crippen LogP contribution in [0, 0.1) is 0 Å². The van der Waals surface area contributed by atoms with Crippen LogP contribution in [0.1, 0.15) is 28.8 Å². The minimum absolute atomic E-state index is 0.133. The van der Waals surface area contributed by atoms with Gasteiger partial charge in [-0.25, -0.2) is 9.67 Å². The van der Waals surface area contributed by atoms with Gasteiger partial charge in [-0.05, 0) is 42.7 Å². The minimum Gasteiger partial charge on any atom is -0.497 e. The van der Waals surface area contributed by atoms with E-state index in [1.54, 1.807) is 34.9 Å². The first kappa shape index (κ1) is 23.6. The number of aliphatic hydroxyl groups is 1. The molecule has 10 heteroatoms. The van der Waals surface area contributed by atoms with E-state index in [0.717, 1.165) is 11.3 Å². The first-order valence-corrected chi connectivity index (χ1v) is 11.7. The Labute approximate surface area is 207 Å². The van der Waals surface area contributed by atoms with Crippen LogP contribution in [0.25, 0.3) is 16.7 Å². The number of carbonyl (C=O) groups is 1. The lowest BCUT2D eigenvalue weighted by molar-refractivity contribution is -0.0162. The van der Waals surface area contributed by atoms with Crippen molar-refractivity contribution in [1.82, 2.24) is 24.6 Å². The summed E-state index contributed by atoms with van der Waals surface area (Å²) < 4.78 is 12.2. The Bertz CT molecular complexity index is 1470. The van der Waals surface area contributed by atoms with E-state index < -0.39 is 5.60 Å². The Morgan fingerprint density at radius 1 is 1.14 bits per heavy atom. The number of fused-ring (bicyclic) bond motifs is 1. The second-order valence-corrected chi connectivity index (χ2v) is 8.95. The van der Waals surface area contributed by atoms with Gasteiger partial charge in [-0.2, -0.15) is 5.10 Å². The second kappa shape index (κ2) is 9.46. The Balaban J connectivity index is 1.29. The number of likely N-dealkylation sites (tertiary alicyclic amines) is 1. The highest BCUT2D eigenvalue weighted by molar-refractivity contribution is 5.97. The Morgan fingerprint density at radius 2 is 1.94 bits per heavy atom. The fraction of sp³-hybridized carbons (Fsp3) is 0.308. The molecule has 0 aliphatic carbocycles. The zero-order valence-corrected chi connectivity index (χ0v) is 20.1. The number of nitrogens with zero attached hydrogens (tertiary/aromatic N) is 4. The molecule has 5 rings (SSSR count). The van der Waals surface area contributed by atoms with Gasteiger partial charge in [-0.15, -0.1) is 0 Å². The number of H-pyrrole nitrogens is 1. The van der Waals surface area contributed by atoms with Gasteiger partial charge in [0.2, 0.25) is 0 Å². The summed E-state index contributed by atoms with van der Waals surface area (Å²) in [6.45, 7) is 0.862. The molecule has 0 spiro atoms. The second-order valence-electron chi connectivity index (χ2n) is 8.95. The lowest BCUT2D eigenvalue weighted by Crippen LogP contribution is -2.47. The van der Waals surface area contributed by atoms with Crippen molar-refractivity contribution in [1.29, 1.82) is 0 Å². The molecule has 1 fully saturated rings. The Morgan fingerprint density at radius 3 is 2.69 bits per heavy atom. The van der Waals surface area contributed by atoms with E-state index in [2.05, 4.69) is 15.1 Å². The third-order valence-corrected chi connectivity index (χ3v) is 6.68. The molecule has 2 aromatic heterocycles. The van der Waals surface area contributed by atoms with Crippen LogP contribution in [-0.4, -0.2) is 68.6 Å². The van der Waals surface area contributed by atoms with Gasteiger partial charge in [0.15, 0.2) is 5.65 Å². The fourth-order valence-electron chi connectivity index (χ4n) is 4.67. The van der Waals surface area contributed by atoms with Crippen molar-refractivity contribution in [3.05, 3.63) is 76.5 Å². The van der Waals surface area contributed by atoms with Crippen molar-refractivity contribution in [2.45, 2.75) is 24.9 Å². The van der Waals surface area contributed by atoms with E-state index in [1.165, 1.54) is 19.6 Å². The summed E-state index contributed by atoms with van der Waals surface area (Å²) in [7, 11) is 3.08. The Hall–Kier alpha value is -4.18. The van der Waals surface area contributed by atoms with Crippen molar-refractivity contribution in [2.75, 3.05) is 27.3 Å². The number of methoxy groups -OCH3 is 2. The fourth-order valence-corrected chi connectivity index (χ4v) is 4.67. The molecule has 0 radical (unpaired) electrons. The van der Waals surface area contributed by atoms with Crippen LogP contribution < -0.4 is 15.0 Å². The lowest BCUT2D eigenvalue weighted by Gasteiger charge is -2.38. The van der Waals surface area contributed by atoms with Crippen molar-refractivity contribution in [3.8, 4) is 17.2 Å². The van der Waals surface area contributed by atoms with Gasteiger partial charge >= 0.3 is 0 Å². The number of hydrogen-bond acceptors (Lipinski definition) is 7. The van der Waals surface area contributed by atoms with E-state index in [4.69, 9.17) is 9.47 Å². The van der Waals surface area contributed by atoms with Gasteiger partial charge in [0.25, 0.3) is 11.5 Å². The van der Waals surface area contributed by atoms with E-state index in [-0.39, 0.29) is 11.5 Å². The molecule has 36 heavy (non-hydrogen) atoms. The molecule has 1 aliphatic heterocycles. The molecule has 0 bridgehead atoms. The molecule has 2 N–H and O–H groups in total. The van der Waals surface area contributed by atoms with Gasteiger partial charge in [-0.3, -0.25) is 9.59 Å². The number of benzene rings is 2. The largest absolute Gasteiger partial charge is 0.497 e. The molecule has 186 valence electrons.